The Balaban J connectivity index is 1.60. The van der Waals surface area contributed by atoms with Gasteiger partial charge >= 0.3 is 0 Å². The minimum absolute atomic E-state index is 0.112. The predicted molar refractivity (Wildman–Crippen MR) is 95.8 cm³/mol. The first-order valence-corrected chi connectivity index (χ1v) is 8.65. The highest BCUT2D eigenvalue weighted by molar-refractivity contribution is 9.10. The van der Waals surface area contributed by atoms with Crippen LogP contribution in [0.25, 0.3) is 10.9 Å². The normalized spacial score (nSPS) is 14.6. The van der Waals surface area contributed by atoms with Crippen molar-refractivity contribution in [2.24, 2.45) is 0 Å². The Morgan fingerprint density at radius 3 is 2.74 bits per heavy atom. The maximum atomic E-state index is 12.7. The molecule has 2 aromatic carbocycles. The molecule has 0 atom stereocenters. The lowest BCUT2D eigenvalue weighted by atomic mass is 10.1. The molecule has 3 nitrogen and oxygen atoms in total. The molecule has 1 amide bonds. The number of nitrogens with zero attached hydrogens (tertiary/aromatic N) is 1. The minimum Gasteiger partial charge on any atom is -0.358 e. The third kappa shape index (κ3) is 2.68. The van der Waals surface area contributed by atoms with Crippen molar-refractivity contribution in [3.8, 4) is 0 Å². The second-order valence-corrected chi connectivity index (χ2v) is 6.85. The zero-order valence-corrected chi connectivity index (χ0v) is 14.3. The summed E-state index contributed by atoms with van der Waals surface area (Å²) in [7, 11) is 0. The second-order valence-electron chi connectivity index (χ2n) is 5.93. The van der Waals surface area contributed by atoms with E-state index >= 15 is 0 Å². The molecule has 0 spiro atoms. The van der Waals surface area contributed by atoms with E-state index in [9.17, 15) is 4.79 Å². The Morgan fingerprint density at radius 1 is 1.04 bits per heavy atom. The Hall–Kier alpha value is -2.07. The van der Waals surface area contributed by atoms with Gasteiger partial charge in [0.25, 0.3) is 5.91 Å². The standard InChI is InChI=1S/C19H17BrN2O/c20-14-5-3-4-13(12-14)19(23)22-10-8-16-15-6-1-2-7-17(15)21-18(16)9-11-22/h1-7,12,21H,8-11H2. The molecule has 0 fully saturated rings. The number of H-pyrrole nitrogens is 1. The number of halogens is 1. The fraction of sp³-hybridized carbons (Fsp3) is 0.211. The number of para-hydroxylation sites is 1. The summed E-state index contributed by atoms with van der Waals surface area (Å²) in [5, 5.41) is 1.29. The van der Waals surface area contributed by atoms with E-state index in [1.54, 1.807) is 0 Å². The molecule has 3 aromatic rings. The first-order chi connectivity index (χ1) is 11.2. The third-order valence-electron chi connectivity index (χ3n) is 4.52. The lowest BCUT2D eigenvalue weighted by Gasteiger charge is -2.20. The van der Waals surface area contributed by atoms with Crippen LogP contribution in [0.1, 0.15) is 21.6 Å². The van der Waals surface area contributed by atoms with Gasteiger partial charge in [0.15, 0.2) is 0 Å². The van der Waals surface area contributed by atoms with Crippen LogP contribution in [0.5, 0.6) is 0 Å². The lowest BCUT2D eigenvalue weighted by Crippen LogP contribution is -2.33. The molecule has 1 aliphatic heterocycles. The smallest absolute Gasteiger partial charge is 0.253 e. The van der Waals surface area contributed by atoms with E-state index in [0.29, 0.717) is 0 Å². The van der Waals surface area contributed by atoms with Crippen LogP contribution in [0.2, 0.25) is 0 Å². The highest BCUT2D eigenvalue weighted by Gasteiger charge is 2.22. The summed E-state index contributed by atoms with van der Waals surface area (Å²) in [6, 6.07) is 16.0. The largest absolute Gasteiger partial charge is 0.358 e. The zero-order valence-electron chi connectivity index (χ0n) is 12.7. The fourth-order valence-corrected chi connectivity index (χ4v) is 3.77. The minimum atomic E-state index is 0.112. The summed E-state index contributed by atoms with van der Waals surface area (Å²) < 4.78 is 0.939. The van der Waals surface area contributed by atoms with Gasteiger partial charge in [-0.1, -0.05) is 40.2 Å². The van der Waals surface area contributed by atoms with Gasteiger partial charge in [-0.05, 0) is 36.2 Å². The molecule has 4 heteroatoms. The van der Waals surface area contributed by atoms with E-state index in [1.807, 2.05) is 29.2 Å². The number of hydrogen-bond donors (Lipinski definition) is 1. The summed E-state index contributed by atoms with van der Waals surface area (Å²) in [5.74, 6) is 0.112. The number of nitrogens with one attached hydrogen (secondary N) is 1. The molecular formula is C19H17BrN2O. The van der Waals surface area contributed by atoms with Crippen LogP contribution in [-0.4, -0.2) is 28.9 Å². The first-order valence-electron chi connectivity index (χ1n) is 7.85. The fourth-order valence-electron chi connectivity index (χ4n) is 3.37. The van der Waals surface area contributed by atoms with E-state index in [1.165, 1.54) is 22.2 Å². The molecule has 0 saturated carbocycles. The molecule has 0 radical (unpaired) electrons. The van der Waals surface area contributed by atoms with Gasteiger partial charge in [0, 0.05) is 46.1 Å². The van der Waals surface area contributed by atoms with Gasteiger partial charge in [-0.2, -0.15) is 0 Å². The van der Waals surface area contributed by atoms with Gasteiger partial charge in [-0.15, -0.1) is 0 Å². The van der Waals surface area contributed by atoms with Crippen molar-refractivity contribution in [1.29, 1.82) is 0 Å². The first kappa shape index (κ1) is 14.5. The molecular weight excluding hydrogens is 352 g/mol. The van der Waals surface area contributed by atoms with Crippen molar-refractivity contribution in [3.05, 3.63) is 69.8 Å². The topological polar surface area (TPSA) is 36.1 Å². The Bertz CT molecular complexity index is 884. The number of hydrogen-bond acceptors (Lipinski definition) is 1. The van der Waals surface area contributed by atoms with Crippen LogP contribution in [0.4, 0.5) is 0 Å². The number of carbonyl (C=O) groups is 1. The number of aromatic amines is 1. The molecule has 116 valence electrons. The second kappa shape index (κ2) is 5.85. The quantitative estimate of drug-likeness (QED) is 0.687. The lowest BCUT2D eigenvalue weighted by molar-refractivity contribution is 0.0763. The zero-order chi connectivity index (χ0) is 15.8. The van der Waals surface area contributed by atoms with Gasteiger partial charge in [0.1, 0.15) is 0 Å². The van der Waals surface area contributed by atoms with Gasteiger partial charge in [0.05, 0.1) is 0 Å². The maximum absolute atomic E-state index is 12.7. The van der Waals surface area contributed by atoms with Gasteiger partial charge in [-0.3, -0.25) is 4.79 Å². The summed E-state index contributed by atoms with van der Waals surface area (Å²) >= 11 is 3.44. The Morgan fingerprint density at radius 2 is 1.87 bits per heavy atom. The number of fused-ring (bicyclic) bond motifs is 3. The number of amides is 1. The molecule has 0 bridgehead atoms. The van der Waals surface area contributed by atoms with Crippen LogP contribution in [0.15, 0.2) is 53.0 Å². The van der Waals surface area contributed by atoms with E-state index < -0.39 is 0 Å². The molecule has 1 aromatic heterocycles. The van der Waals surface area contributed by atoms with Crippen LogP contribution in [0.3, 0.4) is 0 Å². The Kier molecular flexibility index (Phi) is 3.69. The molecule has 1 N–H and O–H groups in total. The van der Waals surface area contributed by atoms with Crippen LogP contribution in [0, 0.1) is 0 Å². The number of rotatable bonds is 1. The molecule has 23 heavy (non-hydrogen) atoms. The summed E-state index contributed by atoms with van der Waals surface area (Å²) in [4.78, 5) is 18.2. The van der Waals surface area contributed by atoms with Crippen LogP contribution >= 0.6 is 15.9 Å². The van der Waals surface area contributed by atoms with E-state index in [4.69, 9.17) is 0 Å². The van der Waals surface area contributed by atoms with Crippen molar-refractivity contribution < 1.29 is 4.79 Å². The average Bonchev–Trinajstić information content (AvgIpc) is 2.79. The van der Waals surface area contributed by atoms with Crippen molar-refractivity contribution >= 4 is 32.7 Å². The van der Waals surface area contributed by atoms with Gasteiger partial charge in [0.2, 0.25) is 0 Å². The third-order valence-corrected chi connectivity index (χ3v) is 5.02. The number of benzene rings is 2. The van der Waals surface area contributed by atoms with Crippen LogP contribution < -0.4 is 0 Å². The SMILES string of the molecule is O=C(c1cccc(Br)c1)N1CCc2[nH]c3ccccc3c2CC1. The Labute approximate surface area is 143 Å². The van der Waals surface area contributed by atoms with Crippen molar-refractivity contribution in [2.75, 3.05) is 13.1 Å². The van der Waals surface area contributed by atoms with E-state index in [2.05, 4.69) is 45.2 Å². The van der Waals surface area contributed by atoms with Crippen molar-refractivity contribution in [3.63, 3.8) is 0 Å². The molecule has 0 aliphatic carbocycles. The van der Waals surface area contributed by atoms with Gasteiger partial charge in [-0.25, -0.2) is 0 Å². The highest BCUT2D eigenvalue weighted by Crippen LogP contribution is 2.26. The monoisotopic (exact) mass is 368 g/mol. The summed E-state index contributed by atoms with van der Waals surface area (Å²) in [6.45, 7) is 1.52. The maximum Gasteiger partial charge on any atom is 0.253 e. The van der Waals surface area contributed by atoms with Crippen molar-refractivity contribution in [2.45, 2.75) is 12.8 Å². The highest BCUT2D eigenvalue weighted by atomic mass is 79.9. The number of aromatic nitrogens is 1. The molecule has 4 rings (SSSR count). The molecule has 0 unspecified atom stereocenters. The predicted octanol–water partition coefficient (Wildman–Crippen LogP) is 4.17. The van der Waals surface area contributed by atoms with Crippen LogP contribution in [-0.2, 0) is 12.8 Å². The summed E-state index contributed by atoms with van der Waals surface area (Å²) in [6.07, 6.45) is 1.78. The van der Waals surface area contributed by atoms with Gasteiger partial charge < -0.3 is 9.88 Å². The van der Waals surface area contributed by atoms with E-state index in [-0.39, 0.29) is 5.91 Å². The average molecular weight is 369 g/mol. The molecule has 0 saturated heterocycles. The van der Waals surface area contributed by atoms with E-state index in [0.717, 1.165) is 36.0 Å². The van der Waals surface area contributed by atoms with Crippen molar-refractivity contribution in [1.82, 2.24) is 9.88 Å². The molecule has 1 aliphatic rings. The summed E-state index contributed by atoms with van der Waals surface area (Å²) in [5.41, 5.74) is 4.58. The number of carbonyl (C=O) groups excluding carboxylic acids is 1. The molecule has 2 heterocycles.